The Morgan fingerprint density at radius 3 is 3.31 bits per heavy atom. The molecule has 0 atom stereocenters. The van der Waals surface area contributed by atoms with Gasteiger partial charge in [-0.25, -0.2) is 15.2 Å². The van der Waals surface area contributed by atoms with Crippen LogP contribution in [0.25, 0.3) is 5.78 Å². The van der Waals surface area contributed by atoms with E-state index in [1.54, 1.807) is 0 Å². The van der Waals surface area contributed by atoms with Crippen LogP contribution in [0.15, 0.2) is 11.4 Å². The van der Waals surface area contributed by atoms with E-state index in [2.05, 4.69) is 30.6 Å². The standard InChI is InChI=1S/C3H2N8O2/c12-11(13)9-3-8-7-2-6-4-1-5-10(2)3/h1H,(H,8,9). The van der Waals surface area contributed by atoms with Crippen LogP contribution in [0.1, 0.15) is 0 Å². The molecular weight excluding hydrogens is 180 g/mol. The van der Waals surface area contributed by atoms with Crippen molar-refractivity contribution >= 4 is 5.78 Å². The Bertz CT molecular complexity index is 509. The van der Waals surface area contributed by atoms with Crippen molar-refractivity contribution in [2.24, 2.45) is 5.10 Å². The lowest BCUT2D eigenvalue weighted by atomic mass is 11.1. The highest BCUT2D eigenvalue weighted by Gasteiger charge is 2.02. The van der Waals surface area contributed by atoms with Crippen molar-refractivity contribution < 1.29 is 5.03 Å². The van der Waals surface area contributed by atoms with E-state index in [-0.39, 0.29) is 11.4 Å². The van der Waals surface area contributed by atoms with Gasteiger partial charge in [-0.1, -0.05) is 0 Å². The molecule has 13 heavy (non-hydrogen) atoms. The topological polar surface area (TPSA) is 127 Å². The first-order chi connectivity index (χ1) is 6.27. The number of nitro groups is 1. The van der Waals surface area contributed by atoms with E-state index in [4.69, 9.17) is 0 Å². The van der Waals surface area contributed by atoms with Crippen LogP contribution in [0, 0.1) is 10.1 Å². The van der Waals surface area contributed by atoms with Gasteiger partial charge in [0.05, 0.1) is 0 Å². The number of aromatic nitrogens is 6. The summed E-state index contributed by atoms with van der Waals surface area (Å²) in [6.07, 6.45) is 1.13. The third-order valence-electron chi connectivity index (χ3n) is 1.19. The fourth-order valence-corrected chi connectivity index (χ4v) is 0.755. The zero-order valence-electron chi connectivity index (χ0n) is 6.02. The van der Waals surface area contributed by atoms with Crippen LogP contribution in [0.4, 0.5) is 0 Å². The lowest BCUT2D eigenvalue weighted by Gasteiger charge is -1.82. The van der Waals surface area contributed by atoms with Gasteiger partial charge in [0.2, 0.25) is 0 Å². The summed E-state index contributed by atoms with van der Waals surface area (Å²) < 4.78 is 1.07. The highest BCUT2D eigenvalue weighted by atomic mass is 16.7. The average Bonchev–Trinajstić information content (AvgIpc) is 2.48. The Kier molecular flexibility index (Phi) is 1.44. The monoisotopic (exact) mass is 182 g/mol. The zero-order valence-corrected chi connectivity index (χ0v) is 6.02. The van der Waals surface area contributed by atoms with Gasteiger partial charge < -0.3 is 0 Å². The third-order valence-corrected chi connectivity index (χ3v) is 1.19. The molecule has 0 unspecified atom stereocenters. The largest absolute Gasteiger partial charge is 0.320 e. The van der Waals surface area contributed by atoms with Gasteiger partial charge in [0, 0.05) is 0 Å². The summed E-state index contributed by atoms with van der Waals surface area (Å²) in [5.74, 6) is 0.114. The maximum absolute atomic E-state index is 10.0. The molecular formula is C3H2N8O2. The molecule has 0 aliphatic carbocycles. The highest BCUT2D eigenvalue weighted by Crippen LogP contribution is 1.79. The molecule has 0 aromatic carbocycles. The third kappa shape index (κ3) is 1.19. The number of nitrogens with one attached hydrogen (secondary N) is 1. The molecule has 10 heteroatoms. The van der Waals surface area contributed by atoms with Gasteiger partial charge in [0.1, 0.15) is 5.10 Å². The van der Waals surface area contributed by atoms with E-state index in [9.17, 15) is 10.1 Å². The number of aromatic amines is 1. The van der Waals surface area contributed by atoms with Crippen molar-refractivity contribution in [3.63, 3.8) is 0 Å². The van der Waals surface area contributed by atoms with Crippen LogP contribution in [0.5, 0.6) is 0 Å². The zero-order chi connectivity index (χ0) is 9.26. The van der Waals surface area contributed by atoms with Crippen LogP contribution >= 0.6 is 0 Å². The molecule has 0 saturated carbocycles. The molecule has 0 bridgehead atoms. The molecule has 1 N–H and O–H groups in total. The van der Waals surface area contributed by atoms with Gasteiger partial charge in [0.25, 0.3) is 5.78 Å². The van der Waals surface area contributed by atoms with E-state index in [1.807, 2.05) is 0 Å². The molecule has 10 nitrogen and oxygen atoms in total. The van der Waals surface area contributed by atoms with Crippen LogP contribution < -0.4 is 5.62 Å². The Hall–Kier alpha value is -2.39. The second-order valence-corrected chi connectivity index (χ2v) is 1.94. The molecule has 0 aliphatic rings. The van der Waals surface area contributed by atoms with Gasteiger partial charge in [-0.05, 0) is 0 Å². The van der Waals surface area contributed by atoms with Gasteiger partial charge in [-0.2, -0.15) is 4.52 Å². The summed E-state index contributed by atoms with van der Waals surface area (Å²) in [6, 6.07) is 0. The highest BCUT2D eigenvalue weighted by molar-refractivity contribution is 5.17. The maximum Gasteiger partial charge on any atom is 0.320 e. The second kappa shape index (κ2) is 2.58. The number of nitrogens with zero attached hydrogens (tertiary/aromatic N) is 7. The molecule has 0 aliphatic heterocycles. The summed E-state index contributed by atoms with van der Waals surface area (Å²) in [5, 5.41) is 28.6. The summed E-state index contributed by atoms with van der Waals surface area (Å²) in [5.41, 5.74) is -0.116. The van der Waals surface area contributed by atoms with Crippen LogP contribution in [-0.4, -0.2) is 35.0 Å². The quantitative estimate of drug-likeness (QED) is 0.399. The number of hydrogen-bond donors (Lipinski definition) is 1. The first-order valence-electron chi connectivity index (χ1n) is 3.07. The molecule has 0 spiro atoms. The molecule has 0 fully saturated rings. The van der Waals surface area contributed by atoms with Crippen molar-refractivity contribution in [3.05, 3.63) is 22.1 Å². The van der Waals surface area contributed by atoms with E-state index in [0.717, 1.165) is 10.8 Å². The second-order valence-electron chi connectivity index (χ2n) is 1.94. The number of H-pyrrole nitrogens is 1. The molecule has 0 radical (unpaired) electrons. The summed E-state index contributed by atoms with van der Waals surface area (Å²) in [4.78, 5) is 10.0. The smallest absolute Gasteiger partial charge is 0.236 e. The summed E-state index contributed by atoms with van der Waals surface area (Å²) in [7, 11) is 0. The van der Waals surface area contributed by atoms with Gasteiger partial charge in [0.15, 0.2) is 11.4 Å². The Balaban J connectivity index is 2.78. The first-order valence-corrected chi connectivity index (χ1v) is 3.07. The van der Waals surface area contributed by atoms with Crippen molar-refractivity contribution in [1.29, 1.82) is 0 Å². The average molecular weight is 182 g/mol. The lowest BCUT2D eigenvalue weighted by Crippen LogP contribution is -2.17. The predicted molar refractivity (Wildman–Crippen MR) is 35.5 cm³/mol. The molecule has 66 valence electrons. The minimum absolute atomic E-state index is 0.114. The summed E-state index contributed by atoms with van der Waals surface area (Å²) >= 11 is 0. The van der Waals surface area contributed by atoms with Crippen LogP contribution in [0.3, 0.4) is 0 Å². The Morgan fingerprint density at radius 2 is 2.54 bits per heavy atom. The van der Waals surface area contributed by atoms with Crippen molar-refractivity contribution in [2.45, 2.75) is 0 Å². The molecule has 2 aromatic rings. The minimum atomic E-state index is -0.859. The molecule has 2 rings (SSSR count). The molecule has 2 heterocycles. The molecule has 0 saturated heterocycles. The summed E-state index contributed by atoms with van der Waals surface area (Å²) in [6.45, 7) is 0. The van der Waals surface area contributed by atoms with E-state index >= 15 is 0 Å². The van der Waals surface area contributed by atoms with Crippen LogP contribution in [-0.2, 0) is 0 Å². The minimum Gasteiger partial charge on any atom is -0.236 e. The SMILES string of the molecule is O=[N+]([O-])/N=c1\[nH]nc2nncnn12. The van der Waals surface area contributed by atoms with Gasteiger partial charge in [-0.3, -0.25) is 0 Å². The maximum atomic E-state index is 10.0. The number of rotatable bonds is 1. The number of hydrogen-bond acceptors (Lipinski definition) is 6. The normalized spacial score (nSPS) is 12.2. The Labute approximate surface area is 69.1 Å². The molecule has 2 aromatic heterocycles. The fraction of sp³-hybridized carbons (Fsp3) is 0. The fourth-order valence-electron chi connectivity index (χ4n) is 0.755. The van der Waals surface area contributed by atoms with Crippen molar-refractivity contribution in [2.75, 3.05) is 0 Å². The van der Waals surface area contributed by atoms with Gasteiger partial charge in [-0.15, -0.1) is 20.4 Å². The van der Waals surface area contributed by atoms with Crippen molar-refractivity contribution in [3.8, 4) is 0 Å². The van der Waals surface area contributed by atoms with Crippen LogP contribution in [0.2, 0.25) is 0 Å². The van der Waals surface area contributed by atoms with Crippen molar-refractivity contribution in [1.82, 2.24) is 30.0 Å². The van der Waals surface area contributed by atoms with E-state index < -0.39 is 5.03 Å². The lowest BCUT2D eigenvalue weighted by molar-refractivity contribution is -0.491. The van der Waals surface area contributed by atoms with E-state index in [1.165, 1.54) is 0 Å². The van der Waals surface area contributed by atoms with Gasteiger partial charge >= 0.3 is 5.62 Å². The first kappa shape index (κ1) is 7.27. The van der Waals surface area contributed by atoms with E-state index in [0.29, 0.717) is 0 Å². The Morgan fingerprint density at radius 1 is 1.69 bits per heavy atom. The molecule has 0 amide bonds. The predicted octanol–water partition coefficient (Wildman–Crippen LogP) is -2.06. The number of fused-ring (bicyclic) bond motifs is 1.